The van der Waals surface area contributed by atoms with E-state index in [1.54, 1.807) is 6.07 Å². The molecule has 1 aromatic carbocycles. The summed E-state index contributed by atoms with van der Waals surface area (Å²) in [5.41, 5.74) is 6.83. The molecule has 0 fully saturated rings. The second-order valence-corrected chi connectivity index (χ2v) is 6.65. The van der Waals surface area contributed by atoms with Gasteiger partial charge in [0.1, 0.15) is 17.5 Å². The highest BCUT2D eigenvalue weighted by Gasteiger charge is 2.31. The highest BCUT2D eigenvalue weighted by atomic mass is 32.2. The van der Waals surface area contributed by atoms with Gasteiger partial charge in [-0.15, -0.1) is 0 Å². The lowest BCUT2D eigenvalue weighted by atomic mass is 10.0. The molecule has 1 amide bonds. The fourth-order valence-electron chi connectivity index (χ4n) is 2.51. The summed E-state index contributed by atoms with van der Waals surface area (Å²) in [7, 11) is 0. The molecule has 1 unspecified atom stereocenters. The van der Waals surface area contributed by atoms with Gasteiger partial charge < -0.3 is 11.1 Å². The van der Waals surface area contributed by atoms with Crippen molar-refractivity contribution in [1.82, 2.24) is 4.98 Å². The maximum atomic E-state index is 14.0. The number of aromatic nitrogens is 1. The molecule has 7 heteroatoms. The Morgan fingerprint density at radius 2 is 2.12 bits per heavy atom. The van der Waals surface area contributed by atoms with Crippen molar-refractivity contribution < 1.29 is 13.6 Å². The smallest absolute Gasteiger partial charge is 0.247 e. The summed E-state index contributed by atoms with van der Waals surface area (Å²) in [5, 5.41) is 3.16. The number of nitrogens with zero attached hydrogens (tertiary/aromatic N) is 1. The summed E-state index contributed by atoms with van der Waals surface area (Å²) in [4.78, 5) is 16.0. The number of anilines is 1. The van der Waals surface area contributed by atoms with E-state index >= 15 is 0 Å². The molecule has 0 saturated carbocycles. The molecule has 1 atom stereocenters. The van der Waals surface area contributed by atoms with Crippen molar-refractivity contribution in [2.75, 3.05) is 5.32 Å². The number of aryl methyl sites for hydroxylation is 1. The van der Waals surface area contributed by atoms with Crippen LogP contribution in [0.4, 0.5) is 14.6 Å². The highest BCUT2D eigenvalue weighted by Crippen LogP contribution is 2.48. The molecule has 0 saturated heterocycles. The Kier molecular flexibility index (Phi) is 4.53. The second-order valence-electron chi connectivity index (χ2n) is 5.44. The molecule has 1 aliphatic rings. The Bertz CT molecular complexity index is 838. The average molecular weight is 347 g/mol. The third kappa shape index (κ3) is 3.41. The van der Waals surface area contributed by atoms with E-state index in [0.717, 1.165) is 23.9 Å². The first-order valence-electron chi connectivity index (χ1n) is 7.29. The van der Waals surface area contributed by atoms with E-state index in [0.29, 0.717) is 16.4 Å². The number of halogens is 2. The SMILES string of the molecule is Cc1cccc(NC2=C(C(N)=O)CC(c3cc(F)ccc3F)S2)n1. The third-order valence-corrected chi connectivity index (χ3v) is 4.95. The van der Waals surface area contributed by atoms with Crippen LogP contribution in [0.5, 0.6) is 0 Å². The molecule has 3 rings (SSSR count). The minimum Gasteiger partial charge on any atom is -0.366 e. The summed E-state index contributed by atoms with van der Waals surface area (Å²) < 4.78 is 27.4. The van der Waals surface area contributed by atoms with Crippen LogP contribution in [0.2, 0.25) is 0 Å². The Hall–Kier alpha value is -2.41. The van der Waals surface area contributed by atoms with Crippen LogP contribution in [-0.4, -0.2) is 10.9 Å². The number of pyridine rings is 1. The third-order valence-electron chi connectivity index (χ3n) is 3.66. The van der Waals surface area contributed by atoms with Gasteiger partial charge in [0.2, 0.25) is 5.91 Å². The molecule has 2 aromatic rings. The topological polar surface area (TPSA) is 68.0 Å². The summed E-state index contributed by atoms with van der Waals surface area (Å²) in [6.07, 6.45) is 0.231. The number of carbonyl (C=O) groups is 1. The predicted molar refractivity (Wildman–Crippen MR) is 90.1 cm³/mol. The van der Waals surface area contributed by atoms with Crippen LogP contribution in [0.15, 0.2) is 47.0 Å². The van der Waals surface area contributed by atoms with Gasteiger partial charge in [-0.2, -0.15) is 0 Å². The molecule has 1 aromatic heterocycles. The number of carbonyl (C=O) groups excluding carboxylic acids is 1. The molecule has 0 spiro atoms. The van der Waals surface area contributed by atoms with Crippen molar-refractivity contribution in [2.45, 2.75) is 18.6 Å². The Labute approximate surface area is 142 Å². The van der Waals surface area contributed by atoms with E-state index in [2.05, 4.69) is 10.3 Å². The fourth-order valence-corrected chi connectivity index (χ4v) is 3.85. The van der Waals surface area contributed by atoms with Crippen LogP contribution in [0.1, 0.15) is 22.9 Å². The lowest BCUT2D eigenvalue weighted by Gasteiger charge is -2.12. The molecule has 3 N–H and O–H groups in total. The molecule has 4 nitrogen and oxygen atoms in total. The molecule has 0 radical (unpaired) electrons. The van der Waals surface area contributed by atoms with Crippen LogP contribution in [0.25, 0.3) is 0 Å². The van der Waals surface area contributed by atoms with E-state index in [9.17, 15) is 13.6 Å². The lowest BCUT2D eigenvalue weighted by molar-refractivity contribution is -0.114. The normalized spacial score (nSPS) is 17.2. The summed E-state index contributed by atoms with van der Waals surface area (Å²) in [6, 6.07) is 8.74. The average Bonchev–Trinajstić information content (AvgIpc) is 2.93. The Balaban J connectivity index is 1.88. The maximum absolute atomic E-state index is 14.0. The molecule has 24 heavy (non-hydrogen) atoms. The van der Waals surface area contributed by atoms with E-state index in [1.807, 2.05) is 19.1 Å². The van der Waals surface area contributed by atoms with Gasteiger partial charge in [0, 0.05) is 22.1 Å². The first-order valence-corrected chi connectivity index (χ1v) is 8.17. The number of primary amides is 1. The predicted octanol–water partition coefficient (Wildman–Crippen LogP) is 3.66. The van der Waals surface area contributed by atoms with Crippen LogP contribution in [0, 0.1) is 18.6 Å². The zero-order valence-corrected chi connectivity index (χ0v) is 13.7. The van der Waals surface area contributed by atoms with E-state index < -0.39 is 22.8 Å². The van der Waals surface area contributed by atoms with Crippen LogP contribution in [-0.2, 0) is 4.79 Å². The monoisotopic (exact) mass is 347 g/mol. The van der Waals surface area contributed by atoms with E-state index in [4.69, 9.17) is 5.73 Å². The minimum atomic E-state index is -0.586. The maximum Gasteiger partial charge on any atom is 0.247 e. The quantitative estimate of drug-likeness (QED) is 0.886. The van der Waals surface area contributed by atoms with Gasteiger partial charge >= 0.3 is 0 Å². The van der Waals surface area contributed by atoms with Gasteiger partial charge in [-0.25, -0.2) is 13.8 Å². The molecule has 1 aliphatic heterocycles. The fraction of sp³-hybridized carbons (Fsp3) is 0.176. The Morgan fingerprint density at radius 1 is 1.33 bits per heavy atom. The van der Waals surface area contributed by atoms with Crippen molar-refractivity contribution >= 4 is 23.5 Å². The van der Waals surface area contributed by atoms with Crippen LogP contribution >= 0.6 is 11.8 Å². The number of hydrogen-bond acceptors (Lipinski definition) is 4. The summed E-state index contributed by atoms with van der Waals surface area (Å²) >= 11 is 1.24. The molecule has 124 valence electrons. The number of rotatable bonds is 4. The van der Waals surface area contributed by atoms with Crippen LogP contribution < -0.4 is 11.1 Å². The zero-order valence-electron chi connectivity index (χ0n) is 12.8. The summed E-state index contributed by atoms with van der Waals surface area (Å²) in [6.45, 7) is 1.85. The van der Waals surface area contributed by atoms with Gasteiger partial charge in [0.15, 0.2) is 0 Å². The van der Waals surface area contributed by atoms with Gasteiger partial charge in [-0.1, -0.05) is 17.8 Å². The molecule has 0 aliphatic carbocycles. The van der Waals surface area contributed by atoms with Crippen molar-refractivity contribution in [1.29, 1.82) is 0 Å². The second kappa shape index (κ2) is 6.60. The molecule has 0 bridgehead atoms. The van der Waals surface area contributed by atoms with Gasteiger partial charge in [0.25, 0.3) is 0 Å². The number of benzene rings is 1. The molecular formula is C17H15F2N3OS. The van der Waals surface area contributed by atoms with Crippen molar-refractivity contribution in [3.63, 3.8) is 0 Å². The van der Waals surface area contributed by atoms with E-state index in [-0.39, 0.29) is 12.0 Å². The van der Waals surface area contributed by atoms with Crippen molar-refractivity contribution in [3.8, 4) is 0 Å². The number of thioether (sulfide) groups is 1. The van der Waals surface area contributed by atoms with Gasteiger partial charge in [0.05, 0.1) is 5.03 Å². The van der Waals surface area contributed by atoms with Gasteiger partial charge in [-0.05, 0) is 43.7 Å². The summed E-state index contributed by atoms with van der Waals surface area (Å²) in [5.74, 6) is -1.05. The zero-order chi connectivity index (χ0) is 17.3. The standard InChI is InChI=1S/C17H15F2N3OS/c1-9-3-2-4-15(21-9)22-17-12(16(20)23)8-14(24-17)11-7-10(18)5-6-13(11)19/h2-7,14H,8H2,1H3,(H2,20,23)(H,21,22). The highest BCUT2D eigenvalue weighted by molar-refractivity contribution is 8.03. The van der Waals surface area contributed by atoms with Gasteiger partial charge in [-0.3, -0.25) is 4.79 Å². The first-order chi connectivity index (χ1) is 11.4. The van der Waals surface area contributed by atoms with Crippen molar-refractivity contribution in [2.24, 2.45) is 5.73 Å². The minimum absolute atomic E-state index is 0.216. The first kappa shape index (κ1) is 16.4. The van der Waals surface area contributed by atoms with Crippen molar-refractivity contribution in [3.05, 3.63) is 69.9 Å². The largest absolute Gasteiger partial charge is 0.366 e. The lowest BCUT2D eigenvalue weighted by Crippen LogP contribution is -2.16. The Morgan fingerprint density at radius 3 is 2.83 bits per heavy atom. The van der Waals surface area contributed by atoms with Crippen LogP contribution in [0.3, 0.4) is 0 Å². The molecule has 2 heterocycles. The molecular weight excluding hydrogens is 332 g/mol. The number of amides is 1. The number of hydrogen-bond donors (Lipinski definition) is 2. The van der Waals surface area contributed by atoms with E-state index in [1.165, 1.54) is 11.8 Å². The number of nitrogens with one attached hydrogen (secondary N) is 1. The number of nitrogens with two attached hydrogens (primary N) is 1.